The topological polar surface area (TPSA) is 12.5 Å². The van der Waals surface area contributed by atoms with E-state index in [4.69, 9.17) is 4.43 Å². The minimum absolute atomic E-state index is 0.600. The predicted molar refractivity (Wildman–Crippen MR) is 91.2 cm³/mol. The van der Waals surface area contributed by atoms with Crippen molar-refractivity contribution in [3.63, 3.8) is 0 Å². The van der Waals surface area contributed by atoms with Gasteiger partial charge >= 0.3 is 0 Å². The maximum atomic E-state index is 6.13. The van der Waals surface area contributed by atoms with Crippen molar-refractivity contribution >= 4 is 8.32 Å². The van der Waals surface area contributed by atoms with Crippen molar-refractivity contribution in [2.24, 2.45) is 5.92 Å². The molecule has 2 unspecified atom stereocenters. The molecule has 0 N–H and O–H groups in total. The highest BCUT2D eigenvalue weighted by Crippen LogP contribution is 2.31. The predicted octanol–water partition coefficient (Wildman–Crippen LogP) is 4.59. The Balaban J connectivity index is 2.90. The first-order valence-electron chi connectivity index (χ1n) is 7.66. The molecule has 0 bridgehead atoms. The van der Waals surface area contributed by atoms with E-state index in [0.717, 1.165) is 12.3 Å². The van der Waals surface area contributed by atoms with E-state index in [-0.39, 0.29) is 0 Å². The third-order valence-electron chi connectivity index (χ3n) is 3.49. The lowest BCUT2D eigenvalue weighted by molar-refractivity contribution is 0.301. The molecule has 0 amide bonds. The van der Waals surface area contributed by atoms with Crippen molar-refractivity contribution in [3.8, 4) is 5.75 Å². The van der Waals surface area contributed by atoms with Crippen LogP contribution in [-0.4, -0.2) is 33.9 Å². The van der Waals surface area contributed by atoms with Crippen molar-refractivity contribution in [2.75, 3.05) is 20.6 Å². The Morgan fingerprint density at radius 2 is 1.85 bits per heavy atom. The summed E-state index contributed by atoms with van der Waals surface area (Å²) >= 11 is 0. The maximum absolute atomic E-state index is 6.13. The zero-order chi connectivity index (χ0) is 15.3. The van der Waals surface area contributed by atoms with Gasteiger partial charge in [0, 0.05) is 6.54 Å². The maximum Gasteiger partial charge on any atom is 0.242 e. The van der Waals surface area contributed by atoms with Crippen molar-refractivity contribution in [3.05, 3.63) is 29.8 Å². The van der Waals surface area contributed by atoms with Crippen LogP contribution in [0, 0.1) is 5.92 Å². The number of hydrogen-bond acceptors (Lipinski definition) is 2. The van der Waals surface area contributed by atoms with E-state index in [9.17, 15) is 0 Å². The summed E-state index contributed by atoms with van der Waals surface area (Å²) in [4.78, 5) is 2.27. The standard InChI is InChI=1S/C17H31NOSi/c1-8-17(14(2)13-18(3)4)15-10-9-11-16(12-15)19-20(5,6)7/h9-12,14,17H,8,13H2,1-7H3. The highest BCUT2D eigenvalue weighted by atomic mass is 28.4. The monoisotopic (exact) mass is 293 g/mol. The van der Waals surface area contributed by atoms with Crippen LogP contribution in [0.25, 0.3) is 0 Å². The Kier molecular flexibility index (Phi) is 6.27. The summed E-state index contributed by atoms with van der Waals surface area (Å²) in [6.07, 6.45) is 1.17. The molecule has 0 fully saturated rings. The van der Waals surface area contributed by atoms with Crippen LogP contribution in [0.3, 0.4) is 0 Å². The third kappa shape index (κ3) is 5.67. The van der Waals surface area contributed by atoms with Crippen LogP contribution in [0.1, 0.15) is 31.7 Å². The summed E-state index contributed by atoms with van der Waals surface area (Å²) in [7, 11) is 2.77. The summed E-state index contributed by atoms with van der Waals surface area (Å²) < 4.78 is 6.13. The van der Waals surface area contributed by atoms with Crippen molar-refractivity contribution in [1.29, 1.82) is 0 Å². The van der Waals surface area contributed by atoms with E-state index in [1.165, 1.54) is 12.0 Å². The van der Waals surface area contributed by atoms with Gasteiger partial charge in [0.05, 0.1) is 0 Å². The van der Waals surface area contributed by atoms with Crippen LogP contribution < -0.4 is 4.43 Å². The normalized spacial score (nSPS) is 15.2. The lowest BCUT2D eigenvalue weighted by Gasteiger charge is -2.27. The second-order valence-electron chi connectivity index (χ2n) is 7.04. The molecule has 0 spiro atoms. The summed E-state index contributed by atoms with van der Waals surface area (Å²) in [6.45, 7) is 12.4. The van der Waals surface area contributed by atoms with Gasteiger partial charge in [-0.15, -0.1) is 0 Å². The average molecular weight is 294 g/mol. The van der Waals surface area contributed by atoms with Gasteiger partial charge in [-0.25, -0.2) is 0 Å². The fourth-order valence-electron chi connectivity index (χ4n) is 2.83. The second-order valence-corrected chi connectivity index (χ2v) is 11.5. The van der Waals surface area contributed by atoms with Gasteiger partial charge in [0.25, 0.3) is 0 Å². The van der Waals surface area contributed by atoms with Crippen LogP contribution in [0.5, 0.6) is 5.75 Å². The average Bonchev–Trinajstić information content (AvgIpc) is 2.26. The Bertz CT molecular complexity index is 412. The van der Waals surface area contributed by atoms with Gasteiger partial charge in [-0.3, -0.25) is 0 Å². The van der Waals surface area contributed by atoms with E-state index < -0.39 is 8.32 Å². The number of benzene rings is 1. The van der Waals surface area contributed by atoms with Crippen molar-refractivity contribution in [2.45, 2.75) is 45.8 Å². The Morgan fingerprint density at radius 3 is 2.35 bits per heavy atom. The Morgan fingerprint density at radius 1 is 1.20 bits per heavy atom. The smallest absolute Gasteiger partial charge is 0.242 e. The highest BCUT2D eigenvalue weighted by Gasteiger charge is 2.20. The van der Waals surface area contributed by atoms with Gasteiger partial charge < -0.3 is 9.33 Å². The first kappa shape index (κ1) is 17.2. The largest absolute Gasteiger partial charge is 0.544 e. The lowest BCUT2D eigenvalue weighted by Crippen LogP contribution is -2.29. The molecule has 0 aliphatic carbocycles. The first-order valence-corrected chi connectivity index (χ1v) is 11.1. The van der Waals surface area contributed by atoms with Crippen LogP contribution in [0.15, 0.2) is 24.3 Å². The van der Waals surface area contributed by atoms with E-state index in [1.54, 1.807) is 0 Å². The summed E-state index contributed by atoms with van der Waals surface area (Å²) in [5.74, 6) is 2.29. The van der Waals surface area contributed by atoms with Crippen molar-refractivity contribution in [1.82, 2.24) is 4.90 Å². The SMILES string of the molecule is CCC(c1cccc(O[Si](C)(C)C)c1)C(C)CN(C)C. The molecule has 0 aromatic heterocycles. The number of hydrogen-bond donors (Lipinski definition) is 0. The minimum atomic E-state index is -1.53. The van der Waals surface area contributed by atoms with E-state index in [2.05, 4.69) is 76.7 Å². The summed E-state index contributed by atoms with van der Waals surface area (Å²) in [6, 6.07) is 8.72. The van der Waals surface area contributed by atoms with Gasteiger partial charge in [-0.2, -0.15) is 0 Å². The summed E-state index contributed by atoms with van der Waals surface area (Å²) in [5.41, 5.74) is 1.41. The van der Waals surface area contributed by atoms with E-state index >= 15 is 0 Å². The van der Waals surface area contributed by atoms with E-state index in [0.29, 0.717) is 11.8 Å². The number of rotatable bonds is 7. The van der Waals surface area contributed by atoms with Crippen LogP contribution in [0.2, 0.25) is 19.6 Å². The Labute approximate surface area is 126 Å². The van der Waals surface area contributed by atoms with Crippen molar-refractivity contribution < 1.29 is 4.43 Å². The first-order chi connectivity index (χ1) is 9.23. The van der Waals surface area contributed by atoms with Gasteiger partial charge in [-0.1, -0.05) is 26.0 Å². The molecule has 0 aliphatic rings. The molecule has 2 nitrogen and oxygen atoms in total. The molecule has 1 rings (SSSR count). The lowest BCUT2D eigenvalue weighted by atomic mass is 9.85. The zero-order valence-corrected chi connectivity index (χ0v) is 15.2. The highest BCUT2D eigenvalue weighted by molar-refractivity contribution is 6.70. The van der Waals surface area contributed by atoms with Gasteiger partial charge in [0.15, 0.2) is 0 Å². The minimum Gasteiger partial charge on any atom is -0.544 e. The molecule has 0 radical (unpaired) electrons. The molecule has 1 aromatic rings. The van der Waals surface area contributed by atoms with Crippen LogP contribution in [0.4, 0.5) is 0 Å². The third-order valence-corrected chi connectivity index (χ3v) is 4.34. The molecular weight excluding hydrogens is 262 g/mol. The molecule has 0 aliphatic heterocycles. The molecule has 0 saturated heterocycles. The fourth-order valence-corrected chi connectivity index (χ4v) is 3.67. The second kappa shape index (κ2) is 7.28. The van der Waals surface area contributed by atoms with Crippen LogP contribution in [-0.2, 0) is 0 Å². The molecule has 3 heteroatoms. The molecule has 20 heavy (non-hydrogen) atoms. The van der Waals surface area contributed by atoms with E-state index in [1.807, 2.05) is 0 Å². The molecule has 114 valence electrons. The number of nitrogens with zero attached hydrogens (tertiary/aromatic N) is 1. The van der Waals surface area contributed by atoms with Gasteiger partial charge in [0.1, 0.15) is 5.75 Å². The quantitative estimate of drug-likeness (QED) is 0.682. The molecule has 1 aromatic carbocycles. The Hall–Kier alpha value is -0.803. The van der Waals surface area contributed by atoms with Crippen LogP contribution >= 0.6 is 0 Å². The van der Waals surface area contributed by atoms with Gasteiger partial charge in [-0.05, 0) is 69.7 Å². The molecule has 2 atom stereocenters. The van der Waals surface area contributed by atoms with Gasteiger partial charge in [0.2, 0.25) is 8.32 Å². The molecular formula is C17H31NOSi. The molecule has 0 saturated carbocycles. The fraction of sp³-hybridized carbons (Fsp3) is 0.647. The molecule has 0 heterocycles. The zero-order valence-electron chi connectivity index (χ0n) is 14.2. The summed E-state index contributed by atoms with van der Waals surface area (Å²) in [5, 5.41) is 0.